The van der Waals surface area contributed by atoms with Crippen molar-refractivity contribution >= 4 is 18.1 Å². The van der Waals surface area contributed by atoms with E-state index in [-0.39, 0.29) is 30.7 Å². The third-order valence-electron chi connectivity index (χ3n) is 5.99. The standard InChI is InChI=1S/C22H31N5O2S/c1-15-6-4-7-18(10-15)21-23-24-22(30)27(21)14-20(28)26-9-5-8-19(26)13-25-11-16(2)29-17(3)12-25/h4,6-7,10,16-17,19H,5,8-9,11-14H2,1-3H3,(H,24,30). The predicted molar refractivity (Wildman–Crippen MR) is 119 cm³/mol. The molecule has 1 aromatic carbocycles. The maximum atomic E-state index is 13.3. The second-order valence-corrected chi connectivity index (χ2v) is 9.05. The number of nitrogens with one attached hydrogen (secondary N) is 1. The molecule has 0 bridgehead atoms. The van der Waals surface area contributed by atoms with Crippen LogP contribution in [0.2, 0.25) is 0 Å². The summed E-state index contributed by atoms with van der Waals surface area (Å²) >= 11 is 5.44. The largest absolute Gasteiger partial charge is 0.373 e. The Labute approximate surface area is 183 Å². The quantitative estimate of drug-likeness (QED) is 0.740. The fourth-order valence-electron chi connectivity index (χ4n) is 4.78. The van der Waals surface area contributed by atoms with Crippen LogP contribution in [0.25, 0.3) is 11.4 Å². The van der Waals surface area contributed by atoms with Gasteiger partial charge in [-0.15, -0.1) is 0 Å². The molecule has 1 N–H and O–H groups in total. The van der Waals surface area contributed by atoms with E-state index in [2.05, 4.69) is 35.0 Å². The lowest BCUT2D eigenvalue weighted by atomic mass is 10.1. The maximum Gasteiger partial charge on any atom is 0.242 e. The van der Waals surface area contributed by atoms with Crippen molar-refractivity contribution in [1.82, 2.24) is 24.6 Å². The molecule has 3 unspecified atom stereocenters. The van der Waals surface area contributed by atoms with Crippen LogP contribution < -0.4 is 0 Å². The summed E-state index contributed by atoms with van der Waals surface area (Å²) in [6.07, 6.45) is 2.57. The number of hydrogen-bond acceptors (Lipinski definition) is 5. The van der Waals surface area contributed by atoms with Crippen molar-refractivity contribution < 1.29 is 9.53 Å². The molecule has 162 valence electrons. The van der Waals surface area contributed by atoms with Crippen LogP contribution in [0.4, 0.5) is 0 Å². The minimum Gasteiger partial charge on any atom is -0.373 e. The molecule has 0 spiro atoms. The number of hydrogen-bond donors (Lipinski definition) is 1. The normalized spacial score (nSPS) is 25.0. The maximum absolute atomic E-state index is 13.3. The molecule has 2 aliphatic heterocycles. The number of carbonyl (C=O) groups is 1. The summed E-state index contributed by atoms with van der Waals surface area (Å²) in [5, 5.41) is 7.25. The first kappa shape index (κ1) is 21.2. The summed E-state index contributed by atoms with van der Waals surface area (Å²) in [5.74, 6) is 0.821. The van der Waals surface area contributed by atoms with Crippen LogP contribution in [0.5, 0.6) is 0 Å². The van der Waals surface area contributed by atoms with Gasteiger partial charge >= 0.3 is 0 Å². The molecule has 2 aromatic rings. The summed E-state index contributed by atoms with van der Waals surface area (Å²) in [7, 11) is 0. The van der Waals surface area contributed by atoms with E-state index in [1.165, 1.54) is 0 Å². The second-order valence-electron chi connectivity index (χ2n) is 8.67. The number of carbonyl (C=O) groups excluding carboxylic acids is 1. The number of aromatic nitrogens is 3. The smallest absolute Gasteiger partial charge is 0.242 e. The number of aromatic amines is 1. The van der Waals surface area contributed by atoms with Crippen LogP contribution in [0.15, 0.2) is 24.3 Å². The molecule has 0 radical (unpaired) electrons. The number of amides is 1. The van der Waals surface area contributed by atoms with Crippen LogP contribution in [0, 0.1) is 11.7 Å². The number of rotatable bonds is 5. The van der Waals surface area contributed by atoms with Crippen LogP contribution in [-0.2, 0) is 16.1 Å². The fourth-order valence-corrected chi connectivity index (χ4v) is 4.98. The van der Waals surface area contributed by atoms with Gasteiger partial charge in [-0.3, -0.25) is 19.4 Å². The fraction of sp³-hybridized carbons (Fsp3) is 0.591. The van der Waals surface area contributed by atoms with Gasteiger partial charge in [-0.05, 0) is 51.9 Å². The highest BCUT2D eigenvalue weighted by Crippen LogP contribution is 2.23. The lowest BCUT2D eigenvalue weighted by Gasteiger charge is -2.38. The molecule has 30 heavy (non-hydrogen) atoms. The zero-order valence-electron chi connectivity index (χ0n) is 18.0. The van der Waals surface area contributed by atoms with E-state index < -0.39 is 0 Å². The summed E-state index contributed by atoms with van der Waals surface area (Å²) in [6, 6.07) is 8.35. The third-order valence-corrected chi connectivity index (χ3v) is 6.30. The highest BCUT2D eigenvalue weighted by molar-refractivity contribution is 7.71. The highest BCUT2D eigenvalue weighted by Gasteiger charge is 2.32. The Morgan fingerprint density at radius 3 is 2.80 bits per heavy atom. The topological polar surface area (TPSA) is 66.4 Å². The molecule has 3 atom stereocenters. The first-order valence-corrected chi connectivity index (χ1v) is 11.2. The van der Waals surface area contributed by atoms with Gasteiger partial charge in [0.2, 0.25) is 5.91 Å². The van der Waals surface area contributed by atoms with Crippen molar-refractivity contribution in [3.63, 3.8) is 0 Å². The SMILES string of the molecule is Cc1cccc(-c2n[nH]c(=S)n2CC(=O)N2CCCC2CN2CC(C)OC(C)C2)c1. The monoisotopic (exact) mass is 429 g/mol. The van der Waals surface area contributed by atoms with Crippen molar-refractivity contribution in [2.45, 2.75) is 58.4 Å². The Hall–Kier alpha value is -2.03. The minimum atomic E-state index is 0.109. The van der Waals surface area contributed by atoms with Crippen molar-refractivity contribution in [2.24, 2.45) is 0 Å². The van der Waals surface area contributed by atoms with Crippen molar-refractivity contribution in [2.75, 3.05) is 26.2 Å². The number of ether oxygens (including phenoxy) is 1. The van der Waals surface area contributed by atoms with Gasteiger partial charge < -0.3 is 9.64 Å². The van der Waals surface area contributed by atoms with Crippen molar-refractivity contribution in [1.29, 1.82) is 0 Å². The summed E-state index contributed by atoms with van der Waals surface area (Å²) in [4.78, 5) is 17.8. The predicted octanol–water partition coefficient (Wildman–Crippen LogP) is 3.02. The van der Waals surface area contributed by atoms with E-state index in [9.17, 15) is 4.79 Å². The van der Waals surface area contributed by atoms with Gasteiger partial charge in [-0.1, -0.05) is 23.8 Å². The molecule has 4 rings (SSSR count). The first-order valence-electron chi connectivity index (χ1n) is 10.8. The Morgan fingerprint density at radius 2 is 2.07 bits per heavy atom. The van der Waals surface area contributed by atoms with Gasteiger partial charge in [0.1, 0.15) is 6.54 Å². The number of benzene rings is 1. The summed E-state index contributed by atoms with van der Waals surface area (Å²) in [5.41, 5.74) is 2.11. The van der Waals surface area contributed by atoms with Crippen LogP contribution in [0.1, 0.15) is 32.3 Å². The van der Waals surface area contributed by atoms with E-state index in [1.54, 1.807) is 0 Å². The Bertz CT molecular complexity index is 945. The summed E-state index contributed by atoms with van der Waals surface area (Å²) < 4.78 is 8.15. The number of morpholine rings is 1. The lowest BCUT2D eigenvalue weighted by Crippen LogP contribution is -2.51. The number of likely N-dealkylation sites (tertiary alicyclic amines) is 1. The molecule has 1 amide bonds. The van der Waals surface area contributed by atoms with E-state index in [4.69, 9.17) is 17.0 Å². The van der Waals surface area contributed by atoms with Gasteiger partial charge in [0.15, 0.2) is 10.6 Å². The Kier molecular flexibility index (Phi) is 6.36. The lowest BCUT2D eigenvalue weighted by molar-refractivity contribution is -0.133. The number of nitrogens with zero attached hydrogens (tertiary/aromatic N) is 4. The molecule has 0 saturated carbocycles. The molecular weight excluding hydrogens is 398 g/mol. The number of aryl methyl sites for hydroxylation is 1. The van der Waals surface area contributed by atoms with Crippen LogP contribution in [0.3, 0.4) is 0 Å². The molecule has 0 aliphatic carbocycles. The molecule has 7 nitrogen and oxygen atoms in total. The molecular formula is C22H31N5O2S. The molecule has 2 fully saturated rings. The average Bonchev–Trinajstić information content (AvgIpc) is 3.28. The van der Waals surface area contributed by atoms with E-state index in [0.29, 0.717) is 10.6 Å². The first-order chi connectivity index (χ1) is 14.4. The zero-order valence-corrected chi connectivity index (χ0v) is 18.8. The summed E-state index contributed by atoms with van der Waals surface area (Å²) in [6.45, 7) is 10.1. The zero-order chi connectivity index (χ0) is 21.3. The minimum absolute atomic E-state index is 0.109. The number of H-pyrrole nitrogens is 1. The Balaban J connectivity index is 1.47. The van der Waals surface area contributed by atoms with Gasteiger partial charge in [-0.2, -0.15) is 5.10 Å². The average molecular weight is 430 g/mol. The molecule has 1 aromatic heterocycles. The van der Waals surface area contributed by atoms with Gasteiger partial charge in [0, 0.05) is 37.8 Å². The van der Waals surface area contributed by atoms with Crippen molar-refractivity contribution in [3.8, 4) is 11.4 Å². The molecule has 8 heteroatoms. The van der Waals surface area contributed by atoms with Gasteiger partial charge in [-0.25, -0.2) is 0 Å². The third kappa shape index (κ3) is 4.66. The Morgan fingerprint density at radius 1 is 1.30 bits per heavy atom. The molecule has 3 heterocycles. The second kappa shape index (κ2) is 8.99. The van der Waals surface area contributed by atoms with Crippen molar-refractivity contribution in [3.05, 3.63) is 34.6 Å². The highest BCUT2D eigenvalue weighted by atomic mass is 32.1. The van der Waals surface area contributed by atoms with E-state index in [0.717, 1.165) is 50.1 Å². The van der Waals surface area contributed by atoms with Crippen LogP contribution >= 0.6 is 12.2 Å². The van der Waals surface area contributed by atoms with Gasteiger partial charge in [0.05, 0.1) is 12.2 Å². The van der Waals surface area contributed by atoms with E-state index in [1.807, 2.05) is 34.6 Å². The van der Waals surface area contributed by atoms with Crippen LogP contribution in [-0.4, -0.2) is 74.9 Å². The molecule has 2 saturated heterocycles. The van der Waals surface area contributed by atoms with Gasteiger partial charge in [0.25, 0.3) is 0 Å². The van der Waals surface area contributed by atoms with E-state index >= 15 is 0 Å². The molecule has 2 aliphatic rings.